The number of carbonyl (C=O) groups excluding carboxylic acids is 2. The third kappa shape index (κ3) is 3.80. The Balaban J connectivity index is 1.85. The smallest absolute Gasteiger partial charge is 0.236 e. The van der Waals surface area contributed by atoms with Gasteiger partial charge in [0.2, 0.25) is 11.8 Å². The third-order valence-electron chi connectivity index (χ3n) is 4.40. The van der Waals surface area contributed by atoms with Crippen molar-refractivity contribution in [3.05, 3.63) is 35.5 Å². The van der Waals surface area contributed by atoms with Gasteiger partial charge in [0.15, 0.2) is 0 Å². The van der Waals surface area contributed by atoms with Crippen molar-refractivity contribution in [1.29, 1.82) is 0 Å². The first-order valence-corrected chi connectivity index (χ1v) is 9.61. The molecular formula is C17H20N4O2S2. The van der Waals surface area contributed by atoms with Crippen LogP contribution < -0.4 is 11.1 Å². The quantitative estimate of drug-likeness (QED) is 0.704. The highest BCUT2D eigenvalue weighted by Gasteiger charge is 2.31. The minimum atomic E-state index is -0.549. The van der Waals surface area contributed by atoms with E-state index in [4.69, 9.17) is 18.0 Å². The molecule has 4 N–H and O–H groups in total. The van der Waals surface area contributed by atoms with Crippen molar-refractivity contribution in [3.63, 3.8) is 0 Å². The van der Waals surface area contributed by atoms with E-state index in [1.165, 1.54) is 22.7 Å². The van der Waals surface area contributed by atoms with Gasteiger partial charge in [-0.05, 0) is 24.3 Å². The fraction of sp³-hybridized carbons (Fsp3) is 0.353. The van der Waals surface area contributed by atoms with Gasteiger partial charge in [0.1, 0.15) is 4.32 Å². The van der Waals surface area contributed by atoms with Crippen LogP contribution in [-0.2, 0) is 22.6 Å². The lowest BCUT2D eigenvalue weighted by Crippen LogP contribution is -2.45. The van der Waals surface area contributed by atoms with Gasteiger partial charge >= 0.3 is 0 Å². The van der Waals surface area contributed by atoms with Crippen LogP contribution in [0.2, 0.25) is 0 Å². The lowest BCUT2D eigenvalue weighted by molar-refractivity contribution is -0.125. The predicted molar refractivity (Wildman–Crippen MR) is 104 cm³/mol. The Morgan fingerprint density at radius 2 is 2.20 bits per heavy atom. The molecule has 1 aliphatic rings. The molecular weight excluding hydrogens is 356 g/mol. The van der Waals surface area contributed by atoms with Crippen LogP contribution in [-0.4, -0.2) is 44.9 Å². The molecule has 0 spiro atoms. The molecule has 1 unspecified atom stereocenters. The summed E-state index contributed by atoms with van der Waals surface area (Å²) in [6, 6.07) is 8.13. The van der Waals surface area contributed by atoms with Gasteiger partial charge in [0.05, 0.1) is 13.1 Å². The number of benzene rings is 1. The Labute approximate surface area is 155 Å². The fourth-order valence-corrected chi connectivity index (χ4v) is 3.92. The number of carbonyl (C=O) groups is 2. The van der Waals surface area contributed by atoms with Gasteiger partial charge in [0, 0.05) is 29.1 Å². The molecule has 8 heteroatoms. The van der Waals surface area contributed by atoms with Crippen molar-refractivity contribution < 1.29 is 9.59 Å². The topological polar surface area (TPSA) is 91.2 Å². The Morgan fingerprint density at radius 3 is 2.92 bits per heavy atom. The van der Waals surface area contributed by atoms with Crippen LogP contribution in [0.4, 0.5) is 0 Å². The molecule has 2 heterocycles. The predicted octanol–water partition coefficient (Wildman–Crippen LogP) is 1.53. The molecule has 2 aromatic rings. The lowest BCUT2D eigenvalue weighted by Gasteiger charge is -2.36. The van der Waals surface area contributed by atoms with E-state index in [1.807, 2.05) is 18.4 Å². The minimum absolute atomic E-state index is 0.0421. The molecule has 1 atom stereocenters. The number of hydrogen-bond donors (Lipinski definition) is 3. The van der Waals surface area contributed by atoms with Crippen LogP contribution in [0.25, 0.3) is 10.9 Å². The fourth-order valence-electron chi connectivity index (χ4n) is 3.25. The summed E-state index contributed by atoms with van der Waals surface area (Å²) in [5, 5.41) is 3.75. The molecule has 132 valence electrons. The zero-order valence-corrected chi connectivity index (χ0v) is 15.5. The lowest BCUT2D eigenvalue weighted by atomic mass is 9.95. The maximum atomic E-state index is 12.2. The number of thiocarbonyl (C=S) groups is 1. The first-order valence-electron chi connectivity index (χ1n) is 7.97. The minimum Gasteiger partial charge on any atom is -0.368 e. The van der Waals surface area contributed by atoms with Gasteiger partial charge in [-0.25, -0.2) is 0 Å². The molecule has 25 heavy (non-hydrogen) atoms. The average Bonchev–Trinajstić information content (AvgIpc) is 2.96. The van der Waals surface area contributed by atoms with Gasteiger partial charge < -0.3 is 20.9 Å². The number of rotatable bonds is 4. The highest BCUT2D eigenvalue weighted by atomic mass is 32.2. The summed E-state index contributed by atoms with van der Waals surface area (Å²) in [4.78, 5) is 28.6. The molecule has 2 amide bonds. The molecule has 1 aromatic heterocycles. The number of amides is 2. The molecule has 0 saturated carbocycles. The zero-order valence-electron chi connectivity index (χ0n) is 13.9. The van der Waals surface area contributed by atoms with Crippen molar-refractivity contribution in [1.82, 2.24) is 15.2 Å². The largest absolute Gasteiger partial charge is 0.368 e. The number of aromatic nitrogens is 1. The zero-order chi connectivity index (χ0) is 18.0. The summed E-state index contributed by atoms with van der Waals surface area (Å²) < 4.78 is 0.761. The van der Waals surface area contributed by atoms with E-state index in [1.54, 1.807) is 0 Å². The highest BCUT2D eigenvalue weighted by molar-refractivity contribution is 8.22. The Morgan fingerprint density at radius 1 is 1.44 bits per heavy atom. The summed E-state index contributed by atoms with van der Waals surface area (Å²) in [5.41, 5.74) is 8.57. The molecule has 0 saturated heterocycles. The van der Waals surface area contributed by atoms with E-state index in [9.17, 15) is 9.59 Å². The molecule has 1 aromatic carbocycles. The molecule has 6 nitrogen and oxygen atoms in total. The van der Waals surface area contributed by atoms with Gasteiger partial charge in [0.25, 0.3) is 0 Å². The van der Waals surface area contributed by atoms with E-state index in [-0.39, 0.29) is 24.9 Å². The van der Waals surface area contributed by atoms with E-state index in [2.05, 4.69) is 27.3 Å². The standard InChI is InChI=1S/C17H20N4O2S2/c1-25-17(24)21-9-14-12(11-4-2-3-5-13(11)20-14)6-10(21)7-16(23)19-8-15(18)22/h2-5,10,20H,6-9H2,1H3,(H2,18,22)(H,19,23). The number of fused-ring (bicyclic) bond motifs is 3. The summed E-state index contributed by atoms with van der Waals surface area (Å²) in [6.07, 6.45) is 2.93. The second-order valence-corrected chi connectivity index (χ2v) is 7.47. The van der Waals surface area contributed by atoms with E-state index >= 15 is 0 Å². The Hall–Kier alpha value is -2.06. The first kappa shape index (κ1) is 17.8. The number of hydrogen-bond acceptors (Lipinski definition) is 4. The second kappa shape index (κ2) is 7.45. The third-order valence-corrected chi connectivity index (χ3v) is 5.72. The van der Waals surface area contributed by atoms with Crippen molar-refractivity contribution in [2.24, 2.45) is 5.73 Å². The second-order valence-electron chi connectivity index (χ2n) is 6.03. The van der Waals surface area contributed by atoms with E-state index in [0.29, 0.717) is 6.54 Å². The summed E-state index contributed by atoms with van der Waals surface area (Å²) >= 11 is 6.99. The summed E-state index contributed by atoms with van der Waals surface area (Å²) in [6.45, 7) is 0.508. The average molecular weight is 377 g/mol. The van der Waals surface area contributed by atoms with Gasteiger partial charge in [-0.1, -0.05) is 30.4 Å². The molecule has 1 aliphatic heterocycles. The number of nitrogens with one attached hydrogen (secondary N) is 2. The van der Waals surface area contributed by atoms with Crippen LogP contribution in [0.3, 0.4) is 0 Å². The number of para-hydroxylation sites is 1. The van der Waals surface area contributed by atoms with Gasteiger partial charge in [-0.15, -0.1) is 11.8 Å². The molecule has 0 bridgehead atoms. The van der Waals surface area contributed by atoms with Crippen molar-refractivity contribution in [2.45, 2.75) is 25.4 Å². The number of aromatic amines is 1. The molecule has 0 fully saturated rings. The summed E-state index contributed by atoms with van der Waals surface area (Å²) in [7, 11) is 0. The van der Waals surface area contributed by atoms with Crippen molar-refractivity contribution in [3.8, 4) is 0 Å². The van der Waals surface area contributed by atoms with Crippen LogP contribution >= 0.6 is 24.0 Å². The van der Waals surface area contributed by atoms with E-state index in [0.717, 1.165) is 22.0 Å². The molecule has 0 aliphatic carbocycles. The number of nitrogens with zero attached hydrogens (tertiary/aromatic N) is 1. The Bertz CT molecular complexity index is 833. The van der Waals surface area contributed by atoms with Crippen LogP contribution in [0.15, 0.2) is 24.3 Å². The molecule has 0 radical (unpaired) electrons. The number of H-pyrrole nitrogens is 1. The van der Waals surface area contributed by atoms with Gasteiger partial charge in [-0.3, -0.25) is 9.59 Å². The maximum Gasteiger partial charge on any atom is 0.236 e. The summed E-state index contributed by atoms with van der Waals surface area (Å²) in [5.74, 6) is -0.742. The molecule has 3 rings (SSSR count). The first-order chi connectivity index (χ1) is 12.0. The normalized spacial score (nSPS) is 16.5. The highest BCUT2D eigenvalue weighted by Crippen LogP contribution is 2.32. The van der Waals surface area contributed by atoms with Crippen LogP contribution in [0.5, 0.6) is 0 Å². The SMILES string of the molecule is CSC(=S)N1Cc2[nH]c3ccccc3c2CC1CC(=O)NCC(N)=O. The number of primary amides is 1. The van der Waals surface area contributed by atoms with Crippen molar-refractivity contribution >= 4 is 51.0 Å². The van der Waals surface area contributed by atoms with Crippen LogP contribution in [0, 0.1) is 0 Å². The maximum absolute atomic E-state index is 12.2. The van der Waals surface area contributed by atoms with Gasteiger partial charge in [-0.2, -0.15) is 0 Å². The van der Waals surface area contributed by atoms with E-state index < -0.39 is 5.91 Å². The monoisotopic (exact) mass is 376 g/mol. The number of nitrogens with two attached hydrogens (primary N) is 1. The number of thioether (sulfide) groups is 1. The van der Waals surface area contributed by atoms with Crippen LogP contribution in [0.1, 0.15) is 17.7 Å². The van der Waals surface area contributed by atoms with Crippen molar-refractivity contribution in [2.75, 3.05) is 12.8 Å². The Kier molecular flexibility index (Phi) is 5.29.